The average Bonchev–Trinajstić information content (AvgIpc) is 2.73. The highest BCUT2D eigenvalue weighted by Crippen LogP contribution is 2.37. The van der Waals surface area contributed by atoms with Crippen LogP contribution in [0.2, 0.25) is 0 Å². The number of rotatable bonds is 1. The number of alkyl halides is 1. The summed E-state index contributed by atoms with van der Waals surface area (Å²) >= 11 is 0. The molecule has 0 aliphatic heterocycles. The monoisotopic (exact) mass is 168 g/mol. The van der Waals surface area contributed by atoms with E-state index in [1.165, 1.54) is 10.6 Å². The van der Waals surface area contributed by atoms with Crippen molar-refractivity contribution in [3.63, 3.8) is 0 Å². The molecule has 2 atom stereocenters. The van der Waals surface area contributed by atoms with Crippen LogP contribution in [0.15, 0.2) is 23.1 Å². The molecule has 0 aromatic carbocycles. The van der Waals surface area contributed by atoms with E-state index in [4.69, 9.17) is 5.73 Å². The Hall–Kier alpha value is -1.32. The molecule has 64 valence electrons. The Morgan fingerprint density at radius 3 is 2.92 bits per heavy atom. The van der Waals surface area contributed by atoms with Crippen LogP contribution in [0, 0.1) is 0 Å². The maximum Gasteiger partial charge on any atom is 0.274 e. The van der Waals surface area contributed by atoms with Crippen molar-refractivity contribution in [2.24, 2.45) is 0 Å². The van der Waals surface area contributed by atoms with Gasteiger partial charge in [0.05, 0.1) is 11.7 Å². The van der Waals surface area contributed by atoms with E-state index in [1.807, 2.05) is 0 Å². The summed E-state index contributed by atoms with van der Waals surface area (Å²) in [6.07, 6.45) is 1.14. The van der Waals surface area contributed by atoms with Gasteiger partial charge in [0.1, 0.15) is 6.17 Å². The van der Waals surface area contributed by atoms with Crippen LogP contribution < -0.4 is 11.3 Å². The molecular weight excluding hydrogens is 159 g/mol. The highest BCUT2D eigenvalue weighted by Gasteiger charge is 2.39. The fourth-order valence-electron chi connectivity index (χ4n) is 1.23. The SMILES string of the molecule is Nc1cccn([C@H]2C[C@@H]2F)c1=O. The van der Waals surface area contributed by atoms with Crippen molar-refractivity contribution in [2.45, 2.75) is 18.6 Å². The predicted octanol–water partition coefficient (Wildman–Crippen LogP) is 0.713. The van der Waals surface area contributed by atoms with Crippen molar-refractivity contribution in [2.75, 3.05) is 5.73 Å². The van der Waals surface area contributed by atoms with Crippen LogP contribution >= 0.6 is 0 Å². The van der Waals surface area contributed by atoms with Crippen LogP contribution in [0.25, 0.3) is 0 Å². The Balaban J connectivity index is 2.45. The van der Waals surface area contributed by atoms with E-state index >= 15 is 0 Å². The summed E-state index contributed by atoms with van der Waals surface area (Å²) in [5.74, 6) is 0. The summed E-state index contributed by atoms with van der Waals surface area (Å²) in [4.78, 5) is 11.3. The minimum absolute atomic E-state index is 0.177. The third-order valence-corrected chi connectivity index (χ3v) is 2.04. The lowest BCUT2D eigenvalue weighted by atomic mass is 10.4. The predicted molar refractivity (Wildman–Crippen MR) is 43.7 cm³/mol. The van der Waals surface area contributed by atoms with E-state index in [0.29, 0.717) is 6.42 Å². The van der Waals surface area contributed by atoms with Crippen LogP contribution in [-0.2, 0) is 0 Å². The molecule has 1 aromatic rings. The standard InChI is InChI=1S/C8H9FN2O/c9-5-4-7(5)11-3-1-2-6(10)8(11)12/h1-3,5,7H,4,10H2/t5-,7-/m0/s1. The molecule has 2 N–H and O–H groups in total. The van der Waals surface area contributed by atoms with Gasteiger partial charge in [-0.15, -0.1) is 0 Å². The van der Waals surface area contributed by atoms with Gasteiger partial charge in [-0.25, -0.2) is 4.39 Å². The van der Waals surface area contributed by atoms with Gasteiger partial charge in [-0.2, -0.15) is 0 Å². The number of halogens is 1. The van der Waals surface area contributed by atoms with E-state index < -0.39 is 6.17 Å². The van der Waals surface area contributed by atoms with Gasteiger partial charge in [-0.3, -0.25) is 4.79 Å². The first kappa shape index (κ1) is 7.34. The molecule has 4 heteroatoms. The molecule has 0 radical (unpaired) electrons. The third kappa shape index (κ3) is 0.995. The van der Waals surface area contributed by atoms with Crippen LogP contribution in [0.4, 0.5) is 10.1 Å². The number of hydrogen-bond donors (Lipinski definition) is 1. The lowest BCUT2D eigenvalue weighted by molar-refractivity contribution is 0.438. The topological polar surface area (TPSA) is 48.0 Å². The second-order valence-corrected chi connectivity index (χ2v) is 2.99. The Morgan fingerprint density at radius 2 is 2.33 bits per heavy atom. The molecule has 1 heterocycles. The smallest absolute Gasteiger partial charge is 0.274 e. The van der Waals surface area contributed by atoms with E-state index in [0.717, 1.165) is 0 Å². The van der Waals surface area contributed by atoms with E-state index in [9.17, 15) is 9.18 Å². The number of nitrogen functional groups attached to an aromatic ring is 1. The van der Waals surface area contributed by atoms with Gasteiger partial charge >= 0.3 is 0 Å². The number of pyridine rings is 1. The summed E-state index contributed by atoms with van der Waals surface area (Å²) in [5.41, 5.74) is 5.26. The van der Waals surface area contributed by atoms with Crippen LogP contribution in [0.1, 0.15) is 12.5 Å². The first-order chi connectivity index (χ1) is 5.70. The normalized spacial score (nSPS) is 27.1. The van der Waals surface area contributed by atoms with Crippen molar-refractivity contribution in [1.82, 2.24) is 4.57 Å². The van der Waals surface area contributed by atoms with Crippen LogP contribution in [0.3, 0.4) is 0 Å². The van der Waals surface area contributed by atoms with Crippen molar-refractivity contribution in [1.29, 1.82) is 0 Å². The van der Waals surface area contributed by atoms with E-state index in [2.05, 4.69) is 0 Å². The van der Waals surface area contributed by atoms with Gasteiger partial charge in [0.15, 0.2) is 0 Å². The van der Waals surface area contributed by atoms with Crippen molar-refractivity contribution in [3.8, 4) is 0 Å². The second kappa shape index (κ2) is 2.33. The Kier molecular flexibility index (Phi) is 1.43. The molecule has 0 unspecified atom stereocenters. The largest absolute Gasteiger partial charge is 0.394 e. The quantitative estimate of drug-likeness (QED) is 0.671. The van der Waals surface area contributed by atoms with Gasteiger partial charge < -0.3 is 10.3 Å². The molecule has 1 aliphatic rings. The van der Waals surface area contributed by atoms with Crippen LogP contribution in [-0.4, -0.2) is 10.7 Å². The van der Waals surface area contributed by atoms with E-state index in [-0.39, 0.29) is 17.3 Å². The zero-order valence-electron chi connectivity index (χ0n) is 6.40. The molecule has 1 fully saturated rings. The zero-order chi connectivity index (χ0) is 8.72. The molecule has 0 amide bonds. The summed E-state index contributed by atoms with van der Waals surface area (Å²) in [7, 11) is 0. The molecule has 0 saturated heterocycles. The summed E-state index contributed by atoms with van der Waals surface area (Å²) in [6, 6.07) is 2.90. The fourth-order valence-corrected chi connectivity index (χ4v) is 1.23. The van der Waals surface area contributed by atoms with Crippen molar-refractivity contribution in [3.05, 3.63) is 28.7 Å². The molecule has 0 spiro atoms. The molecule has 0 bridgehead atoms. The summed E-state index contributed by atoms with van der Waals surface area (Å²) in [5, 5.41) is 0. The lowest BCUT2D eigenvalue weighted by Crippen LogP contribution is -2.21. The first-order valence-electron chi connectivity index (χ1n) is 3.81. The Labute approximate surface area is 68.6 Å². The molecule has 12 heavy (non-hydrogen) atoms. The molecule has 1 aromatic heterocycles. The summed E-state index contributed by atoms with van der Waals surface area (Å²) < 4.78 is 13.9. The van der Waals surface area contributed by atoms with E-state index in [1.54, 1.807) is 12.3 Å². The molecule has 2 rings (SSSR count). The van der Waals surface area contributed by atoms with Crippen molar-refractivity contribution < 1.29 is 4.39 Å². The minimum atomic E-state index is -0.871. The van der Waals surface area contributed by atoms with Crippen LogP contribution in [0.5, 0.6) is 0 Å². The van der Waals surface area contributed by atoms with Gasteiger partial charge in [-0.1, -0.05) is 0 Å². The number of nitrogens with zero attached hydrogens (tertiary/aromatic N) is 1. The summed E-state index contributed by atoms with van der Waals surface area (Å²) in [6.45, 7) is 0. The molecular formula is C8H9FN2O. The number of hydrogen-bond acceptors (Lipinski definition) is 2. The second-order valence-electron chi connectivity index (χ2n) is 2.99. The Bertz CT molecular complexity index is 360. The van der Waals surface area contributed by atoms with Gasteiger partial charge in [0.25, 0.3) is 5.56 Å². The number of nitrogens with two attached hydrogens (primary N) is 1. The third-order valence-electron chi connectivity index (χ3n) is 2.04. The highest BCUT2D eigenvalue weighted by atomic mass is 19.1. The van der Waals surface area contributed by atoms with Gasteiger partial charge in [0, 0.05) is 12.6 Å². The van der Waals surface area contributed by atoms with Gasteiger partial charge in [-0.05, 0) is 12.1 Å². The average molecular weight is 168 g/mol. The maximum atomic E-state index is 12.6. The Morgan fingerprint density at radius 1 is 1.67 bits per heavy atom. The minimum Gasteiger partial charge on any atom is -0.394 e. The molecule has 3 nitrogen and oxygen atoms in total. The number of anilines is 1. The molecule has 1 saturated carbocycles. The fraction of sp³-hybridized carbons (Fsp3) is 0.375. The highest BCUT2D eigenvalue weighted by molar-refractivity contribution is 5.34. The number of aromatic nitrogens is 1. The molecule has 1 aliphatic carbocycles. The zero-order valence-corrected chi connectivity index (χ0v) is 6.40. The first-order valence-corrected chi connectivity index (χ1v) is 3.81. The maximum absolute atomic E-state index is 12.6. The lowest BCUT2D eigenvalue weighted by Gasteiger charge is -2.02. The van der Waals surface area contributed by atoms with Crippen molar-refractivity contribution >= 4 is 5.69 Å². The van der Waals surface area contributed by atoms with Gasteiger partial charge in [0.2, 0.25) is 0 Å².